The summed E-state index contributed by atoms with van der Waals surface area (Å²) >= 11 is 0. The number of amides is 1. The molecule has 1 heterocycles. The molecular weight excluding hydrogens is 270 g/mol. The quantitative estimate of drug-likeness (QED) is 0.748. The first-order valence-electron chi connectivity index (χ1n) is 7.99. The third-order valence-electron chi connectivity index (χ3n) is 3.95. The molecule has 122 valence electrons. The van der Waals surface area contributed by atoms with Crippen LogP contribution in [0.25, 0.3) is 0 Å². The summed E-state index contributed by atoms with van der Waals surface area (Å²) in [4.78, 5) is 24.6. The highest BCUT2D eigenvalue weighted by Gasteiger charge is 2.24. The van der Waals surface area contributed by atoms with Crippen molar-refractivity contribution in [2.24, 2.45) is 11.8 Å². The fourth-order valence-corrected chi connectivity index (χ4v) is 2.87. The number of carboxylic acids is 1. The number of carbonyl (C=O) groups excluding carboxylic acids is 1. The number of likely N-dealkylation sites (tertiary alicyclic amines) is 1. The minimum Gasteiger partial charge on any atom is -0.481 e. The monoisotopic (exact) mass is 299 g/mol. The second kappa shape index (κ2) is 9.03. The predicted octanol–water partition coefficient (Wildman–Crippen LogP) is 2.54. The molecule has 1 atom stereocenters. The number of carboxylic acid groups (broad SMARTS) is 1. The molecule has 0 aromatic rings. The zero-order valence-corrected chi connectivity index (χ0v) is 13.5. The van der Waals surface area contributed by atoms with Gasteiger partial charge in [-0.1, -0.05) is 13.8 Å². The van der Waals surface area contributed by atoms with Gasteiger partial charge in [-0.25, -0.2) is 0 Å². The summed E-state index contributed by atoms with van der Waals surface area (Å²) in [5, 5.41) is 8.77. The third kappa shape index (κ3) is 7.46. The van der Waals surface area contributed by atoms with E-state index in [1.165, 1.54) is 0 Å². The molecule has 1 unspecified atom stereocenters. The highest BCUT2D eigenvalue weighted by atomic mass is 16.5. The molecule has 1 aliphatic rings. The topological polar surface area (TPSA) is 66.8 Å². The van der Waals surface area contributed by atoms with Gasteiger partial charge >= 0.3 is 5.97 Å². The number of hydrogen-bond donors (Lipinski definition) is 1. The number of ether oxygens (including phenoxy) is 1. The Morgan fingerprint density at radius 2 is 1.86 bits per heavy atom. The van der Waals surface area contributed by atoms with Gasteiger partial charge in [0.15, 0.2) is 0 Å². The molecular formula is C16H29NO4. The summed E-state index contributed by atoms with van der Waals surface area (Å²) in [5.74, 6) is 0.200. The average Bonchev–Trinajstić information content (AvgIpc) is 2.37. The second-order valence-electron chi connectivity index (χ2n) is 6.48. The van der Waals surface area contributed by atoms with Crippen molar-refractivity contribution in [3.63, 3.8) is 0 Å². The Hall–Kier alpha value is -1.10. The lowest BCUT2D eigenvalue weighted by Gasteiger charge is -2.31. The van der Waals surface area contributed by atoms with E-state index in [-0.39, 0.29) is 24.3 Å². The fraction of sp³-hybridized carbons (Fsp3) is 0.875. The maximum Gasteiger partial charge on any atom is 0.303 e. The summed E-state index contributed by atoms with van der Waals surface area (Å²) in [5.41, 5.74) is 0. The first kappa shape index (κ1) is 18.0. The lowest BCUT2D eigenvalue weighted by atomic mass is 9.93. The predicted molar refractivity (Wildman–Crippen MR) is 81.0 cm³/mol. The van der Waals surface area contributed by atoms with Crippen LogP contribution in [0.15, 0.2) is 0 Å². The van der Waals surface area contributed by atoms with Gasteiger partial charge < -0.3 is 14.7 Å². The number of hydrogen-bond acceptors (Lipinski definition) is 3. The van der Waals surface area contributed by atoms with Crippen LogP contribution in [0.5, 0.6) is 0 Å². The Labute approximate surface area is 127 Å². The van der Waals surface area contributed by atoms with E-state index < -0.39 is 5.97 Å². The molecule has 1 saturated heterocycles. The van der Waals surface area contributed by atoms with Crippen LogP contribution in [0.4, 0.5) is 0 Å². The van der Waals surface area contributed by atoms with Crippen LogP contribution >= 0.6 is 0 Å². The molecule has 0 aromatic carbocycles. The van der Waals surface area contributed by atoms with E-state index in [2.05, 4.69) is 13.8 Å². The van der Waals surface area contributed by atoms with Crippen molar-refractivity contribution in [1.29, 1.82) is 0 Å². The van der Waals surface area contributed by atoms with Gasteiger partial charge in [-0.05, 0) is 38.0 Å². The molecule has 0 radical (unpaired) electrons. The zero-order valence-electron chi connectivity index (χ0n) is 13.5. The first-order valence-corrected chi connectivity index (χ1v) is 7.99. The summed E-state index contributed by atoms with van der Waals surface area (Å²) < 4.78 is 5.66. The number of rotatable bonds is 8. The number of nitrogens with zero attached hydrogens (tertiary/aromatic N) is 1. The van der Waals surface area contributed by atoms with Crippen molar-refractivity contribution in [1.82, 2.24) is 4.90 Å². The van der Waals surface area contributed by atoms with E-state index in [4.69, 9.17) is 9.84 Å². The lowest BCUT2D eigenvalue weighted by Crippen LogP contribution is -2.39. The number of carbonyl (C=O) groups is 2. The van der Waals surface area contributed by atoms with Crippen LogP contribution in [0.1, 0.15) is 52.9 Å². The van der Waals surface area contributed by atoms with Crippen molar-refractivity contribution in [2.45, 2.75) is 59.0 Å². The molecule has 1 aliphatic heterocycles. The second-order valence-corrected chi connectivity index (χ2v) is 6.48. The highest BCUT2D eigenvalue weighted by molar-refractivity contribution is 5.76. The smallest absolute Gasteiger partial charge is 0.303 e. The maximum absolute atomic E-state index is 12.1. The van der Waals surface area contributed by atoms with Crippen LogP contribution in [-0.2, 0) is 14.3 Å². The molecule has 5 nitrogen and oxygen atoms in total. The molecule has 5 heteroatoms. The Morgan fingerprint density at radius 1 is 1.24 bits per heavy atom. The molecule has 0 aromatic heterocycles. The maximum atomic E-state index is 12.1. The molecule has 0 saturated carbocycles. The minimum atomic E-state index is -0.743. The van der Waals surface area contributed by atoms with Gasteiger partial charge in [0.1, 0.15) is 0 Å². The average molecular weight is 299 g/mol. The van der Waals surface area contributed by atoms with Crippen molar-refractivity contribution < 1.29 is 19.4 Å². The van der Waals surface area contributed by atoms with Crippen LogP contribution in [0.2, 0.25) is 0 Å². The van der Waals surface area contributed by atoms with Crippen molar-refractivity contribution in [3.8, 4) is 0 Å². The zero-order chi connectivity index (χ0) is 15.8. The SMILES string of the molecule is CC(C)CC(C)OCCC(=O)N1CCC(CC(=O)O)CC1. The van der Waals surface area contributed by atoms with Crippen molar-refractivity contribution in [2.75, 3.05) is 19.7 Å². The van der Waals surface area contributed by atoms with Gasteiger partial charge in [0.25, 0.3) is 0 Å². The fourth-order valence-electron chi connectivity index (χ4n) is 2.87. The Kier molecular flexibility index (Phi) is 7.72. The molecule has 21 heavy (non-hydrogen) atoms. The Morgan fingerprint density at radius 3 is 2.38 bits per heavy atom. The van der Waals surface area contributed by atoms with Crippen LogP contribution in [0.3, 0.4) is 0 Å². The lowest BCUT2D eigenvalue weighted by molar-refractivity contribution is -0.138. The summed E-state index contributed by atoms with van der Waals surface area (Å²) in [6.45, 7) is 8.19. The van der Waals surface area contributed by atoms with E-state index in [1.807, 2.05) is 11.8 Å². The first-order chi connectivity index (χ1) is 9.88. The molecule has 1 amide bonds. The summed E-state index contributed by atoms with van der Waals surface area (Å²) in [6, 6.07) is 0. The van der Waals surface area contributed by atoms with Gasteiger partial charge in [0.2, 0.25) is 5.91 Å². The molecule has 0 spiro atoms. The Balaban J connectivity index is 2.18. The Bertz CT molecular complexity index is 335. The van der Waals surface area contributed by atoms with Gasteiger partial charge in [-0.2, -0.15) is 0 Å². The van der Waals surface area contributed by atoms with E-state index in [9.17, 15) is 9.59 Å². The molecule has 0 aliphatic carbocycles. The number of aliphatic carboxylic acids is 1. The highest BCUT2D eigenvalue weighted by Crippen LogP contribution is 2.21. The van der Waals surface area contributed by atoms with E-state index >= 15 is 0 Å². The molecule has 1 fully saturated rings. The van der Waals surface area contributed by atoms with Gasteiger partial charge in [-0.3, -0.25) is 9.59 Å². The molecule has 1 N–H and O–H groups in total. The molecule has 0 bridgehead atoms. The third-order valence-corrected chi connectivity index (χ3v) is 3.95. The van der Waals surface area contributed by atoms with Crippen molar-refractivity contribution >= 4 is 11.9 Å². The largest absolute Gasteiger partial charge is 0.481 e. The standard InChI is InChI=1S/C16H29NO4/c1-12(2)10-13(3)21-9-6-15(18)17-7-4-14(5-8-17)11-16(19)20/h12-14H,4-11H2,1-3H3,(H,19,20). The van der Waals surface area contributed by atoms with Gasteiger partial charge in [0, 0.05) is 19.5 Å². The minimum absolute atomic E-state index is 0.125. The van der Waals surface area contributed by atoms with E-state index in [1.54, 1.807) is 0 Å². The van der Waals surface area contributed by atoms with Crippen molar-refractivity contribution in [3.05, 3.63) is 0 Å². The normalized spacial score (nSPS) is 18.0. The van der Waals surface area contributed by atoms with Gasteiger partial charge in [-0.15, -0.1) is 0 Å². The molecule has 1 rings (SSSR count). The number of piperidine rings is 1. The van der Waals surface area contributed by atoms with Gasteiger partial charge in [0.05, 0.1) is 19.1 Å². The summed E-state index contributed by atoms with van der Waals surface area (Å²) in [6.07, 6.45) is 3.43. The van der Waals surface area contributed by atoms with E-state index in [0.717, 1.165) is 19.3 Å². The summed E-state index contributed by atoms with van der Waals surface area (Å²) in [7, 11) is 0. The van der Waals surface area contributed by atoms with Crippen LogP contribution in [0, 0.1) is 11.8 Å². The van der Waals surface area contributed by atoms with E-state index in [0.29, 0.717) is 32.0 Å². The van der Waals surface area contributed by atoms with Crippen LogP contribution in [-0.4, -0.2) is 47.7 Å². The van der Waals surface area contributed by atoms with Crippen LogP contribution < -0.4 is 0 Å².